The summed E-state index contributed by atoms with van der Waals surface area (Å²) in [5.74, 6) is -2.34. The average Bonchev–Trinajstić information content (AvgIpc) is 3.05. The number of imide groups is 2. The molecule has 3 rings (SSSR count). The van der Waals surface area contributed by atoms with Gasteiger partial charge >= 0.3 is 6.03 Å². The number of benzene rings is 1. The lowest BCUT2D eigenvalue weighted by molar-refractivity contribution is -0.131. The monoisotopic (exact) mass is 329 g/mol. The van der Waals surface area contributed by atoms with Crippen LogP contribution in [-0.2, 0) is 14.3 Å². The van der Waals surface area contributed by atoms with E-state index in [0.717, 1.165) is 29.9 Å². The summed E-state index contributed by atoms with van der Waals surface area (Å²) < 4.78 is 5.46. The van der Waals surface area contributed by atoms with E-state index in [2.05, 4.69) is 10.3 Å². The molecule has 1 aromatic carbocycles. The summed E-state index contributed by atoms with van der Waals surface area (Å²) in [4.78, 5) is 41.9. The van der Waals surface area contributed by atoms with Gasteiger partial charge in [-0.3, -0.25) is 19.9 Å². The Morgan fingerprint density at radius 1 is 1.33 bits per heavy atom. The number of anilines is 1. The number of urea groups is 1. The largest absolute Gasteiger partial charge is 0.376 e. The van der Waals surface area contributed by atoms with Crippen molar-refractivity contribution in [3.63, 3.8) is 0 Å². The molecule has 1 aromatic rings. The van der Waals surface area contributed by atoms with E-state index in [1.165, 1.54) is 6.21 Å². The normalized spacial score (nSPS) is 24.7. The molecular formula is C17H19N3O4. The first-order valence-electron chi connectivity index (χ1n) is 7.94. The third-order valence-electron chi connectivity index (χ3n) is 4.15. The number of ether oxygens (including phenoxy) is 1. The smallest absolute Gasteiger partial charge is 0.335 e. The van der Waals surface area contributed by atoms with Crippen LogP contribution in [0.15, 0.2) is 29.3 Å². The minimum atomic E-state index is -1.11. The van der Waals surface area contributed by atoms with Gasteiger partial charge in [0, 0.05) is 12.8 Å². The summed E-state index contributed by atoms with van der Waals surface area (Å²) in [6.07, 6.45) is 3.28. The Morgan fingerprint density at radius 3 is 2.83 bits per heavy atom. The van der Waals surface area contributed by atoms with Gasteiger partial charge in [0.15, 0.2) is 5.92 Å². The highest BCUT2D eigenvalue weighted by atomic mass is 16.5. The van der Waals surface area contributed by atoms with E-state index in [1.54, 1.807) is 25.1 Å². The van der Waals surface area contributed by atoms with Gasteiger partial charge in [0.05, 0.1) is 18.3 Å². The zero-order chi connectivity index (χ0) is 17.1. The molecule has 4 amide bonds. The predicted molar refractivity (Wildman–Crippen MR) is 88.0 cm³/mol. The van der Waals surface area contributed by atoms with E-state index in [4.69, 9.17) is 4.74 Å². The zero-order valence-electron chi connectivity index (χ0n) is 13.4. The van der Waals surface area contributed by atoms with Crippen molar-refractivity contribution in [1.29, 1.82) is 0 Å². The molecule has 126 valence electrons. The maximum absolute atomic E-state index is 12.6. The number of hydrogen-bond donors (Lipinski definition) is 1. The summed E-state index contributed by atoms with van der Waals surface area (Å²) in [7, 11) is 0. The van der Waals surface area contributed by atoms with E-state index >= 15 is 0 Å². The van der Waals surface area contributed by atoms with Crippen molar-refractivity contribution in [2.24, 2.45) is 10.9 Å². The summed E-state index contributed by atoms with van der Waals surface area (Å²) >= 11 is 0. The summed E-state index contributed by atoms with van der Waals surface area (Å²) in [5, 5.41) is 2.22. The van der Waals surface area contributed by atoms with E-state index in [1.807, 2.05) is 6.07 Å². The second-order valence-corrected chi connectivity index (χ2v) is 5.88. The fourth-order valence-corrected chi connectivity index (χ4v) is 2.84. The van der Waals surface area contributed by atoms with E-state index in [0.29, 0.717) is 12.2 Å². The van der Waals surface area contributed by atoms with Gasteiger partial charge in [-0.15, -0.1) is 0 Å². The Morgan fingerprint density at radius 2 is 2.12 bits per heavy atom. The molecule has 2 aliphatic rings. The molecule has 0 unspecified atom stereocenters. The number of aliphatic imine (C=N–C) groups is 1. The van der Waals surface area contributed by atoms with Crippen molar-refractivity contribution in [2.75, 3.05) is 18.1 Å². The molecule has 1 N–H and O–H groups in total. The number of barbiturate groups is 1. The minimum absolute atomic E-state index is 0.0390. The van der Waals surface area contributed by atoms with Gasteiger partial charge in [-0.25, -0.2) is 9.69 Å². The van der Waals surface area contributed by atoms with Crippen LogP contribution >= 0.6 is 0 Å². The highest BCUT2D eigenvalue weighted by Crippen LogP contribution is 2.23. The summed E-state index contributed by atoms with van der Waals surface area (Å²) in [6, 6.07) is 6.29. The Bertz CT molecular complexity index is 695. The van der Waals surface area contributed by atoms with Crippen molar-refractivity contribution in [3.8, 4) is 0 Å². The van der Waals surface area contributed by atoms with Crippen LogP contribution in [0.2, 0.25) is 0 Å². The molecule has 2 atom stereocenters. The Hall–Kier alpha value is -2.54. The van der Waals surface area contributed by atoms with Gasteiger partial charge in [-0.05, 0) is 31.4 Å². The van der Waals surface area contributed by atoms with Crippen molar-refractivity contribution in [1.82, 2.24) is 5.32 Å². The number of para-hydroxylation sites is 1. The molecule has 24 heavy (non-hydrogen) atoms. The molecule has 2 aliphatic heterocycles. The lowest BCUT2D eigenvalue weighted by Crippen LogP contribution is -2.58. The van der Waals surface area contributed by atoms with Crippen molar-refractivity contribution >= 4 is 29.7 Å². The highest BCUT2D eigenvalue weighted by molar-refractivity contribution is 6.32. The van der Waals surface area contributed by atoms with Crippen LogP contribution in [0.1, 0.15) is 18.4 Å². The first-order valence-corrected chi connectivity index (χ1v) is 7.94. The molecule has 7 heteroatoms. The molecule has 0 saturated carbocycles. The maximum Gasteiger partial charge on any atom is 0.335 e. The molecule has 0 spiro atoms. The molecule has 0 aliphatic carbocycles. The van der Waals surface area contributed by atoms with Crippen LogP contribution in [0.3, 0.4) is 0 Å². The van der Waals surface area contributed by atoms with Crippen LogP contribution in [0.5, 0.6) is 0 Å². The van der Waals surface area contributed by atoms with Crippen LogP contribution < -0.4 is 10.2 Å². The maximum atomic E-state index is 12.6. The van der Waals surface area contributed by atoms with Gasteiger partial charge in [0.25, 0.3) is 5.91 Å². The van der Waals surface area contributed by atoms with Gasteiger partial charge in [-0.2, -0.15) is 0 Å². The number of carbonyl (C=O) groups excluding carboxylic acids is 3. The average molecular weight is 329 g/mol. The molecule has 2 saturated heterocycles. The molecule has 2 heterocycles. The highest BCUT2D eigenvalue weighted by Gasteiger charge is 2.40. The molecule has 0 aromatic heterocycles. The van der Waals surface area contributed by atoms with Gasteiger partial charge in [0.1, 0.15) is 0 Å². The fraction of sp³-hybridized carbons (Fsp3) is 0.412. The van der Waals surface area contributed by atoms with Crippen LogP contribution in [0, 0.1) is 12.8 Å². The summed E-state index contributed by atoms with van der Waals surface area (Å²) in [6.45, 7) is 2.93. The van der Waals surface area contributed by atoms with Crippen LogP contribution in [0.4, 0.5) is 10.5 Å². The van der Waals surface area contributed by atoms with E-state index in [9.17, 15) is 14.4 Å². The van der Waals surface area contributed by atoms with Gasteiger partial charge in [0.2, 0.25) is 5.91 Å². The lowest BCUT2D eigenvalue weighted by Gasteiger charge is -2.29. The predicted octanol–water partition coefficient (Wildman–Crippen LogP) is 1.44. The summed E-state index contributed by atoms with van der Waals surface area (Å²) in [5.41, 5.74) is 1.23. The van der Waals surface area contributed by atoms with Crippen molar-refractivity contribution < 1.29 is 19.1 Å². The molecular weight excluding hydrogens is 310 g/mol. The van der Waals surface area contributed by atoms with Crippen LogP contribution in [-0.4, -0.2) is 43.3 Å². The van der Waals surface area contributed by atoms with E-state index < -0.39 is 23.8 Å². The first-order chi connectivity index (χ1) is 11.6. The first kappa shape index (κ1) is 16.3. The van der Waals surface area contributed by atoms with Crippen LogP contribution in [0.25, 0.3) is 0 Å². The quantitative estimate of drug-likeness (QED) is 0.669. The number of nitrogens with one attached hydrogen (secondary N) is 1. The third-order valence-corrected chi connectivity index (χ3v) is 4.15. The zero-order valence-corrected chi connectivity index (χ0v) is 13.4. The van der Waals surface area contributed by atoms with Gasteiger partial charge in [-0.1, -0.05) is 18.2 Å². The second kappa shape index (κ2) is 6.92. The molecule has 0 radical (unpaired) electrons. The minimum Gasteiger partial charge on any atom is -0.376 e. The molecule has 7 nitrogen and oxygen atoms in total. The fourth-order valence-electron chi connectivity index (χ4n) is 2.84. The number of carbonyl (C=O) groups is 3. The number of aryl methyl sites for hydroxylation is 1. The van der Waals surface area contributed by atoms with E-state index in [-0.39, 0.29) is 6.10 Å². The molecule has 2 fully saturated rings. The van der Waals surface area contributed by atoms with Gasteiger partial charge < -0.3 is 4.74 Å². The topological polar surface area (TPSA) is 88.1 Å². The number of hydrogen-bond acceptors (Lipinski definition) is 5. The number of amides is 4. The Kier molecular flexibility index (Phi) is 4.71. The number of rotatable bonds is 4. The standard InChI is InChI=1S/C17H19N3O4/c1-11-5-2-3-7-14(11)20-16(22)13(15(21)19-17(20)23)10-18-9-12-6-4-8-24-12/h2-3,5,7,10,12-13H,4,6,8-9H2,1H3,(H,19,21,23)/t12-,13+/m0/s1. The Balaban J connectivity index is 1.78. The third kappa shape index (κ3) is 3.21. The molecule has 0 bridgehead atoms. The second-order valence-electron chi connectivity index (χ2n) is 5.88. The lowest BCUT2D eigenvalue weighted by atomic mass is 10.0. The number of nitrogens with zero attached hydrogens (tertiary/aromatic N) is 2. The van der Waals surface area contributed by atoms with Crippen molar-refractivity contribution in [3.05, 3.63) is 29.8 Å². The SMILES string of the molecule is Cc1ccccc1N1C(=O)NC(=O)[C@@H](C=NC[C@@H]2CCCO2)C1=O. The van der Waals surface area contributed by atoms with Crippen molar-refractivity contribution in [2.45, 2.75) is 25.9 Å². The Labute approximate surface area is 139 Å².